The van der Waals surface area contributed by atoms with E-state index in [0.29, 0.717) is 25.4 Å². The molecule has 176 valence electrons. The lowest BCUT2D eigenvalue weighted by Crippen LogP contribution is -2.53. The number of unbranched alkanes of at least 4 members (excludes halogenated alkanes) is 1. The van der Waals surface area contributed by atoms with Crippen molar-refractivity contribution >= 4 is 28.7 Å². The molecule has 2 atom stereocenters. The Labute approximate surface area is 193 Å². The molecule has 1 saturated heterocycles. The fraction of sp³-hybridized carbons (Fsp3) is 0.522. The van der Waals surface area contributed by atoms with Crippen LogP contribution in [0.1, 0.15) is 39.5 Å². The average Bonchev–Trinajstić information content (AvgIpc) is 3.28. The Bertz CT molecular complexity index is 1070. The van der Waals surface area contributed by atoms with E-state index in [2.05, 4.69) is 26.8 Å². The first-order chi connectivity index (χ1) is 15.9. The van der Waals surface area contributed by atoms with Gasteiger partial charge in [0.05, 0.1) is 24.5 Å². The Morgan fingerprint density at radius 2 is 2.21 bits per heavy atom. The van der Waals surface area contributed by atoms with Crippen LogP contribution in [0.4, 0.5) is 5.82 Å². The number of aromatic amines is 1. The highest BCUT2D eigenvalue weighted by atomic mass is 16.5. The topological polar surface area (TPSA) is 141 Å². The number of nitrogens with zero attached hydrogens (tertiary/aromatic N) is 5. The van der Waals surface area contributed by atoms with E-state index in [1.54, 1.807) is 11.0 Å². The molecule has 0 spiro atoms. The van der Waals surface area contributed by atoms with E-state index >= 15 is 0 Å². The minimum atomic E-state index is -0.777. The van der Waals surface area contributed by atoms with E-state index in [1.807, 2.05) is 26.2 Å². The van der Waals surface area contributed by atoms with Gasteiger partial charge in [0.2, 0.25) is 5.91 Å². The molecule has 1 aliphatic heterocycles. The smallest absolute Gasteiger partial charge is 0.350 e. The minimum absolute atomic E-state index is 0.0374. The number of carbonyl (C=O) groups excluding carboxylic acids is 2. The van der Waals surface area contributed by atoms with Gasteiger partial charge in [-0.2, -0.15) is 5.26 Å². The standard InChI is InChI=1S/C23H31N7O3/c1-4-5-10-33-23(32)17(12-24)18(25)11-20(31)30-9-7-15(2)19(13-30)29(3)22-16-6-8-26-21(16)27-14-28-22/h6,8,14-15,19H,4-5,7,9-11,13,25H2,1-3H3,(H,26,27,28)/b18-17-. The second-order valence-corrected chi connectivity index (χ2v) is 8.40. The monoisotopic (exact) mass is 453 g/mol. The highest BCUT2D eigenvalue weighted by Gasteiger charge is 2.33. The number of hydrogen-bond acceptors (Lipinski definition) is 8. The largest absolute Gasteiger partial charge is 0.462 e. The molecule has 3 heterocycles. The minimum Gasteiger partial charge on any atom is -0.462 e. The fourth-order valence-corrected chi connectivity index (χ4v) is 4.07. The Morgan fingerprint density at radius 3 is 2.94 bits per heavy atom. The molecule has 2 aromatic heterocycles. The van der Waals surface area contributed by atoms with E-state index in [9.17, 15) is 14.9 Å². The summed E-state index contributed by atoms with van der Waals surface area (Å²) in [7, 11) is 1.97. The molecule has 0 radical (unpaired) electrons. The number of likely N-dealkylation sites (tertiary alicyclic amines) is 1. The predicted molar refractivity (Wildman–Crippen MR) is 124 cm³/mol. The van der Waals surface area contributed by atoms with Gasteiger partial charge in [0.15, 0.2) is 5.57 Å². The van der Waals surface area contributed by atoms with Crippen molar-refractivity contribution in [1.82, 2.24) is 19.9 Å². The maximum atomic E-state index is 13.0. The zero-order valence-electron chi connectivity index (χ0n) is 19.4. The summed E-state index contributed by atoms with van der Waals surface area (Å²) in [4.78, 5) is 40.8. The molecule has 3 N–H and O–H groups in total. The van der Waals surface area contributed by atoms with Crippen LogP contribution >= 0.6 is 0 Å². The van der Waals surface area contributed by atoms with E-state index in [1.165, 1.54) is 6.33 Å². The van der Waals surface area contributed by atoms with E-state index in [0.717, 1.165) is 29.7 Å². The average molecular weight is 454 g/mol. The number of rotatable bonds is 8. The van der Waals surface area contributed by atoms with Gasteiger partial charge < -0.3 is 25.3 Å². The molecule has 10 heteroatoms. The molecule has 1 amide bonds. The molecule has 3 rings (SSSR count). The number of aromatic nitrogens is 3. The van der Waals surface area contributed by atoms with Gasteiger partial charge in [0.1, 0.15) is 23.9 Å². The van der Waals surface area contributed by atoms with Crippen LogP contribution in [0.25, 0.3) is 11.0 Å². The summed E-state index contributed by atoms with van der Waals surface area (Å²) in [6, 6.07) is 3.76. The summed E-state index contributed by atoms with van der Waals surface area (Å²) in [6.45, 7) is 5.42. The fourth-order valence-electron chi connectivity index (χ4n) is 4.07. The Morgan fingerprint density at radius 1 is 1.42 bits per heavy atom. The Kier molecular flexibility index (Phi) is 7.87. The van der Waals surface area contributed by atoms with Crippen molar-refractivity contribution in [3.8, 4) is 6.07 Å². The number of amides is 1. The molecular formula is C23H31N7O3. The lowest BCUT2D eigenvalue weighted by Gasteiger charge is -2.42. The maximum absolute atomic E-state index is 13.0. The molecule has 1 fully saturated rings. The number of nitrogens with one attached hydrogen (secondary N) is 1. The molecule has 33 heavy (non-hydrogen) atoms. The Hall–Kier alpha value is -3.61. The molecule has 1 aliphatic rings. The lowest BCUT2D eigenvalue weighted by molar-refractivity contribution is -0.138. The molecular weight excluding hydrogens is 422 g/mol. The normalized spacial score (nSPS) is 19.0. The number of H-pyrrole nitrogens is 1. The number of carbonyl (C=O) groups is 2. The maximum Gasteiger partial charge on any atom is 0.350 e. The molecule has 0 aliphatic carbocycles. The molecule has 2 aromatic rings. The number of anilines is 1. The van der Waals surface area contributed by atoms with Gasteiger partial charge in [-0.1, -0.05) is 20.3 Å². The van der Waals surface area contributed by atoms with Gasteiger partial charge in [-0.15, -0.1) is 0 Å². The molecule has 0 saturated carbocycles. The quantitative estimate of drug-likeness (QED) is 0.268. The molecule has 10 nitrogen and oxygen atoms in total. The SMILES string of the molecule is CCCCOC(=O)/C(C#N)=C(\N)CC(=O)N1CCC(C)C(N(C)c2ncnc3[nH]ccc23)C1. The van der Waals surface area contributed by atoms with Crippen LogP contribution in [0.2, 0.25) is 0 Å². The van der Waals surface area contributed by atoms with Gasteiger partial charge in [0.25, 0.3) is 0 Å². The predicted octanol–water partition coefficient (Wildman–Crippen LogP) is 2.10. The third-order valence-corrected chi connectivity index (χ3v) is 6.15. The van der Waals surface area contributed by atoms with Gasteiger partial charge in [0, 0.05) is 32.0 Å². The summed E-state index contributed by atoms with van der Waals surface area (Å²) < 4.78 is 5.08. The number of hydrogen-bond donors (Lipinski definition) is 2. The van der Waals surface area contributed by atoms with Crippen LogP contribution in [-0.2, 0) is 14.3 Å². The van der Waals surface area contributed by atoms with E-state index < -0.39 is 5.97 Å². The van der Waals surface area contributed by atoms with Crippen LogP contribution in [0.3, 0.4) is 0 Å². The van der Waals surface area contributed by atoms with Crippen molar-refractivity contribution in [2.45, 2.75) is 45.6 Å². The number of piperidine rings is 1. The van der Waals surface area contributed by atoms with E-state index in [-0.39, 0.29) is 36.2 Å². The summed E-state index contributed by atoms with van der Waals surface area (Å²) in [5.41, 5.74) is 6.39. The van der Waals surface area contributed by atoms with Crippen molar-refractivity contribution in [1.29, 1.82) is 5.26 Å². The number of esters is 1. The van der Waals surface area contributed by atoms with Crippen LogP contribution < -0.4 is 10.6 Å². The molecule has 0 aromatic carbocycles. The van der Waals surface area contributed by atoms with Gasteiger partial charge in [-0.05, 0) is 24.8 Å². The van der Waals surface area contributed by atoms with Crippen LogP contribution in [0.5, 0.6) is 0 Å². The van der Waals surface area contributed by atoms with E-state index in [4.69, 9.17) is 10.5 Å². The van der Waals surface area contributed by atoms with Crippen LogP contribution in [0.15, 0.2) is 29.9 Å². The van der Waals surface area contributed by atoms with Crippen molar-refractivity contribution < 1.29 is 14.3 Å². The number of nitriles is 1. The summed E-state index contributed by atoms with van der Waals surface area (Å²) in [5.74, 6) is 0.134. The number of likely N-dealkylation sites (N-methyl/N-ethyl adjacent to an activating group) is 1. The number of fused-ring (bicyclic) bond motifs is 1. The van der Waals surface area contributed by atoms with Crippen molar-refractivity contribution in [3.05, 3.63) is 29.9 Å². The summed E-state index contributed by atoms with van der Waals surface area (Å²) >= 11 is 0. The third-order valence-electron chi connectivity index (χ3n) is 6.15. The first-order valence-corrected chi connectivity index (χ1v) is 11.2. The Balaban J connectivity index is 1.71. The molecule has 2 unspecified atom stereocenters. The van der Waals surface area contributed by atoms with Gasteiger partial charge in [-0.3, -0.25) is 4.79 Å². The molecule has 0 bridgehead atoms. The summed E-state index contributed by atoms with van der Waals surface area (Å²) in [6.07, 6.45) is 5.52. The van der Waals surface area contributed by atoms with Crippen LogP contribution in [0, 0.1) is 17.2 Å². The second-order valence-electron chi connectivity index (χ2n) is 8.40. The number of ether oxygens (including phenoxy) is 1. The third kappa shape index (κ3) is 5.42. The van der Waals surface area contributed by atoms with Gasteiger partial charge in [-0.25, -0.2) is 14.8 Å². The highest BCUT2D eigenvalue weighted by Crippen LogP contribution is 2.29. The van der Waals surface area contributed by atoms with Crippen molar-refractivity contribution in [2.75, 3.05) is 31.6 Å². The zero-order valence-corrected chi connectivity index (χ0v) is 19.4. The van der Waals surface area contributed by atoms with Crippen molar-refractivity contribution in [3.63, 3.8) is 0 Å². The highest BCUT2D eigenvalue weighted by molar-refractivity contribution is 5.95. The summed E-state index contributed by atoms with van der Waals surface area (Å²) in [5, 5.41) is 10.3. The zero-order chi connectivity index (χ0) is 24.0. The lowest BCUT2D eigenvalue weighted by atomic mass is 9.92. The van der Waals surface area contributed by atoms with Gasteiger partial charge >= 0.3 is 5.97 Å². The van der Waals surface area contributed by atoms with Crippen molar-refractivity contribution in [2.24, 2.45) is 11.7 Å². The number of nitrogens with two attached hydrogens (primary N) is 1. The first kappa shape index (κ1) is 24.0. The van der Waals surface area contributed by atoms with Crippen LogP contribution in [-0.4, -0.2) is 64.5 Å². The first-order valence-electron chi connectivity index (χ1n) is 11.2. The second kappa shape index (κ2) is 10.8.